The third kappa shape index (κ3) is 3.43. The van der Waals surface area contributed by atoms with Gasteiger partial charge in [0.1, 0.15) is 5.69 Å². The van der Waals surface area contributed by atoms with E-state index in [0.717, 1.165) is 30.3 Å². The fourth-order valence-corrected chi connectivity index (χ4v) is 2.83. The molecule has 5 nitrogen and oxygen atoms in total. The van der Waals surface area contributed by atoms with Crippen LogP contribution >= 0.6 is 15.9 Å². The third-order valence-corrected chi connectivity index (χ3v) is 4.26. The van der Waals surface area contributed by atoms with Gasteiger partial charge < -0.3 is 10.6 Å². The lowest BCUT2D eigenvalue weighted by Crippen LogP contribution is -2.48. The van der Waals surface area contributed by atoms with Crippen molar-refractivity contribution in [1.82, 2.24) is 14.7 Å². The van der Waals surface area contributed by atoms with Crippen LogP contribution in [-0.2, 0) is 6.54 Å². The summed E-state index contributed by atoms with van der Waals surface area (Å²) in [6.07, 6.45) is 5.13. The van der Waals surface area contributed by atoms with E-state index in [-0.39, 0.29) is 11.3 Å². The standard InChI is InChI=1S/C13H21BrN4O/c1-17(2)6-7-18-12(10(14)9-16-18)11(19)8-13(15)4-3-5-13/h9H,3-8,15H2,1-2H3. The number of ketones is 1. The predicted molar refractivity (Wildman–Crippen MR) is 78.2 cm³/mol. The molecular formula is C13H21BrN4O. The summed E-state index contributed by atoms with van der Waals surface area (Å²) in [5.41, 5.74) is 6.53. The first-order valence-electron chi connectivity index (χ1n) is 6.59. The zero-order valence-corrected chi connectivity index (χ0v) is 13.1. The van der Waals surface area contributed by atoms with Crippen LogP contribution in [0.15, 0.2) is 10.7 Å². The zero-order valence-electron chi connectivity index (χ0n) is 11.5. The number of halogens is 1. The number of carbonyl (C=O) groups is 1. The quantitative estimate of drug-likeness (QED) is 0.806. The van der Waals surface area contributed by atoms with Crippen LogP contribution in [0, 0.1) is 0 Å². The molecule has 106 valence electrons. The van der Waals surface area contributed by atoms with Crippen molar-refractivity contribution < 1.29 is 4.79 Å². The van der Waals surface area contributed by atoms with Gasteiger partial charge in [0, 0.05) is 18.5 Å². The van der Waals surface area contributed by atoms with Gasteiger partial charge in [0.15, 0.2) is 5.78 Å². The molecule has 0 atom stereocenters. The molecule has 2 rings (SSSR count). The minimum absolute atomic E-state index is 0.0883. The second-order valence-electron chi connectivity index (χ2n) is 5.68. The third-order valence-electron chi connectivity index (χ3n) is 3.68. The van der Waals surface area contributed by atoms with Crippen molar-refractivity contribution in [2.24, 2.45) is 5.73 Å². The average molecular weight is 329 g/mol. The Bertz CT molecular complexity index is 465. The molecule has 1 aliphatic rings. The Morgan fingerprint density at radius 3 is 2.79 bits per heavy atom. The number of hydrogen-bond acceptors (Lipinski definition) is 4. The summed E-state index contributed by atoms with van der Waals surface area (Å²) in [5.74, 6) is 0.0883. The molecule has 0 aliphatic heterocycles. The van der Waals surface area contributed by atoms with Crippen LogP contribution in [0.4, 0.5) is 0 Å². The van der Waals surface area contributed by atoms with Crippen LogP contribution in [0.25, 0.3) is 0 Å². The Hall–Kier alpha value is -0.720. The molecule has 0 unspecified atom stereocenters. The summed E-state index contributed by atoms with van der Waals surface area (Å²) in [7, 11) is 4.01. The highest BCUT2D eigenvalue weighted by Gasteiger charge is 2.36. The lowest BCUT2D eigenvalue weighted by atomic mass is 9.74. The summed E-state index contributed by atoms with van der Waals surface area (Å²) in [5, 5.41) is 4.26. The molecule has 0 bridgehead atoms. The molecule has 6 heteroatoms. The van der Waals surface area contributed by atoms with E-state index in [4.69, 9.17) is 5.73 Å². The topological polar surface area (TPSA) is 64.2 Å². The number of likely N-dealkylation sites (N-methyl/N-ethyl adjacent to an activating group) is 1. The zero-order chi connectivity index (χ0) is 14.0. The van der Waals surface area contributed by atoms with Crippen molar-refractivity contribution in [3.05, 3.63) is 16.4 Å². The number of Topliss-reactive ketones (excluding diaryl/α,β-unsaturated/α-hetero) is 1. The van der Waals surface area contributed by atoms with Gasteiger partial charge in [-0.1, -0.05) is 0 Å². The molecule has 1 heterocycles. The van der Waals surface area contributed by atoms with E-state index in [0.29, 0.717) is 18.7 Å². The normalized spacial score (nSPS) is 17.5. The maximum Gasteiger partial charge on any atom is 0.183 e. The molecule has 0 aromatic carbocycles. The SMILES string of the molecule is CN(C)CCn1ncc(Br)c1C(=O)CC1(N)CCC1. The molecule has 2 N–H and O–H groups in total. The van der Waals surface area contributed by atoms with Crippen molar-refractivity contribution in [1.29, 1.82) is 0 Å². The molecule has 0 amide bonds. The van der Waals surface area contributed by atoms with E-state index < -0.39 is 0 Å². The van der Waals surface area contributed by atoms with E-state index in [2.05, 4.69) is 25.9 Å². The van der Waals surface area contributed by atoms with Crippen LogP contribution in [0.2, 0.25) is 0 Å². The molecular weight excluding hydrogens is 308 g/mol. The highest BCUT2D eigenvalue weighted by Crippen LogP contribution is 2.34. The summed E-state index contributed by atoms with van der Waals surface area (Å²) in [6, 6.07) is 0. The van der Waals surface area contributed by atoms with Gasteiger partial charge in [0.25, 0.3) is 0 Å². The van der Waals surface area contributed by atoms with Crippen molar-refractivity contribution in [2.45, 2.75) is 37.8 Å². The molecule has 1 fully saturated rings. The largest absolute Gasteiger partial charge is 0.325 e. The summed E-state index contributed by atoms with van der Waals surface area (Å²) in [4.78, 5) is 14.5. The fraction of sp³-hybridized carbons (Fsp3) is 0.692. The Labute approximate surface area is 122 Å². The second kappa shape index (κ2) is 5.73. The van der Waals surface area contributed by atoms with E-state index in [1.54, 1.807) is 10.9 Å². The first-order valence-corrected chi connectivity index (χ1v) is 7.39. The van der Waals surface area contributed by atoms with Gasteiger partial charge in [0.2, 0.25) is 0 Å². The first-order chi connectivity index (χ1) is 8.91. The number of carbonyl (C=O) groups excluding carboxylic acids is 1. The molecule has 1 aromatic heterocycles. The smallest absolute Gasteiger partial charge is 0.183 e. The van der Waals surface area contributed by atoms with Crippen LogP contribution in [-0.4, -0.2) is 46.6 Å². The van der Waals surface area contributed by atoms with Gasteiger partial charge in [-0.25, -0.2) is 0 Å². The Kier molecular flexibility index (Phi) is 4.43. The Balaban J connectivity index is 2.09. The molecule has 0 saturated heterocycles. The summed E-state index contributed by atoms with van der Waals surface area (Å²) in [6.45, 7) is 1.55. The Morgan fingerprint density at radius 1 is 1.58 bits per heavy atom. The Morgan fingerprint density at radius 2 is 2.26 bits per heavy atom. The lowest BCUT2D eigenvalue weighted by molar-refractivity contribution is 0.0900. The van der Waals surface area contributed by atoms with Crippen molar-refractivity contribution in [3.8, 4) is 0 Å². The van der Waals surface area contributed by atoms with Gasteiger partial charge in [-0.15, -0.1) is 0 Å². The predicted octanol–water partition coefficient (Wildman–Crippen LogP) is 1.66. The molecule has 1 saturated carbocycles. The monoisotopic (exact) mass is 328 g/mol. The van der Waals surface area contributed by atoms with E-state index in [1.165, 1.54) is 0 Å². The number of rotatable bonds is 6. The molecule has 1 aromatic rings. The minimum atomic E-state index is -0.285. The van der Waals surface area contributed by atoms with Crippen molar-refractivity contribution >= 4 is 21.7 Å². The lowest BCUT2D eigenvalue weighted by Gasteiger charge is -2.37. The maximum atomic E-state index is 12.4. The van der Waals surface area contributed by atoms with Crippen LogP contribution in [0.3, 0.4) is 0 Å². The number of hydrogen-bond donors (Lipinski definition) is 1. The number of nitrogens with zero attached hydrogens (tertiary/aromatic N) is 3. The number of nitrogens with two attached hydrogens (primary N) is 1. The van der Waals surface area contributed by atoms with Gasteiger partial charge in [0.05, 0.1) is 17.2 Å². The van der Waals surface area contributed by atoms with Crippen LogP contribution < -0.4 is 5.73 Å². The molecule has 19 heavy (non-hydrogen) atoms. The second-order valence-corrected chi connectivity index (χ2v) is 6.54. The maximum absolute atomic E-state index is 12.4. The van der Waals surface area contributed by atoms with E-state index >= 15 is 0 Å². The summed E-state index contributed by atoms with van der Waals surface area (Å²) >= 11 is 3.41. The van der Waals surface area contributed by atoms with Crippen molar-refractivity contribution in [3.63, 3.8) is 0 Å². The van der Waals surface area contributed by atoms with Gasteiger partial charge in [-0.2, -0.15) is 5.10 Å². The van der Waals surface area contributed by atoms with E-state index in [9.17, 15) is 4.79 Å². The minimum Gasteiger partial charge on any atom is -0.325 e. The van der Waals surface area contributed by atoms with Gasteiger partial charge in [-0.3, -0.25) is 9.48 Å². The average Bonchev–Trinajstić information content (AvgIpc) is 2.65. The molecule has 0 radical (unpaired) electrons. The van der Waals surface area contributed by atoms with Crippen LogP contribution in [0.1, 0.15) is 36.2 Å². The summed E-state index contributed by atoms with van der Waals surface area (Å²) < 4.78 is 2.54. The first kappa shape index (κ1) is 14.7. The van der Waals surface area contributed by atoms with E-state index in [1.807, 2.05) is 14.1 Å². The van der Waals surface area contributed by atoms with Crippen LogP contribution in [0.5, 0.6) is 0 Å². The number of aromatic nitrogens is 2. The van der Waals surface area contributed by atoms with Gasteiger partial charge in [-0.05, 0) is 49.3 Å². The van der Waals surface area contributed by atoms with Crippen molar-refractivity contribution in [2.75, 3.05) is 20.6 Å². The van der Waals surface area contributed by atoms with Gasteiger partial charge >= 0.3 is 0 Å². The highest BCUT2D eigenvalue weighted by atomic mass is 79.9. The molecule has 0 spiro atoms. The highest BCUT2D eigenvalue weighted by molar-refractivity contribution is 9.10. The fourth-order valence-electron chi connectivity index (χ4n) is 2.32. The molecule has 1 aliphatic carbocycles.